The fourth-order valence-electron chi connectivity index (χ4n) is 1.38. The lowest BCUT2D eigenvalue weighted by atomic mass is 10.1. The highest BCUT2D eigenvalue weighted by Gasteiger charge is 2.08. The highest BCUT2D eigenvalue weighted by atomic mass is 35.5. The van der Waals surface area contributed by atoms with Crippen LogP contribution in [0, 0.1) is 13.8 Å². The molecule has 15 heavy (non-hydrogen) atoms. The topological polar surface area (TPSA) is 25.8 Å². The third-order valence-corrected chi connectivity index (χ3v) is 3.57. The first kappa shape index (κ1) is 10.6. The minimum atomic E-state index is 0.433. The lowest BCUT2D eigenvalue weighted by molar-refractivity contribution is 1.04. The molecule has 0 saturated carbocycles. The van der Waals surface area contributed by atoms with Crippen molar-refractivity contribution >= 4 is 22.9 Å². The van der Waals surface area contributed by atoms with Crippen molar-refractivity contribution in [2.75, 3.05) is 0 Å². The molecule has 1 heterocycles. The van der Waals surface area contributed by atoms with Crippen LogP contribution >= 0.6 is 22.9 Å². The van der Waals surface area contributed by atoms with E-state index < -0.39 is 0 Å². The van der Waals surface area contributed by atoms with E-state index in [0.29, 0.717) is 5.88 Å². The summed E-state index contributed by atoms with van der Waals surface area (Å²) >= 11 is 7.26. The van der Waals surface area contributed by atoms with Gasteiger partial charge in [0, 0.05) is 5.56 Å². The summed E-state index contributed by atoms with van der Waals surface area (Å²) in [6, 6.07) is 6.34. The Bertz CT molecular complexity index is 479. The molecule has 2 nitrogen and oxygen atoms in total. The second-order valence-corrected chi connectivity index (χ2v) is 4.78. The van der Waals surface area contributed by atoms with Gasteiger partial charge in [0.05, 0.1) is 5.88 Å². The molecule has 0 unspecified atom stereocenters. The Morgan fingerprint density at radius 1 is 1.27 bits per heavy atom. The van der Waals surface area contributed by atoms with Crippen LogP contribution in [0.4, 0.5) is 0 Å². The number of benzene rings is 1. The van der Waals surface area contributed by atoms with Crippen molar-refractivity contribution in [3.05, 3.63) is 34.3 Å². The maximum absolute atomic E-state index is 5.71. The Hall–Kier alpha value is -0.930. The van der Waals surface area contributed by atoms with Crippen molar-refractivity contribution in [3.8, 4) is 10.6 Å². The standard InChI is InChI=1S/C11H11ClN2S/c1-7-3-4-8(2)9(5-7)11-14-13-10(6-12)15-11/h3-5H,6H2,1-2H3. The van der Waals surface area contributed by atoms with E-state index in [1.807, 2.05) is 0 Å². The second-order valence-electron chi connectivity index (χ2n) is 3.45. The number of halogens is 1. The molecule has 0 atom stereocenters. The van der Waals surface area contributed by atoms with E-state index in [2.05, 4.69) is 42.2 Å². The Balaban J connectivity index is 2.48. The molecule has 0 saturated heterocycles. The zero-order valence-corrected chi connectivity index (χ0v) is 10.2. The van der Waals surface area contributed by atoms with Crippen molar-refractivity contribution in [1.82, 2.24) is 10.2 Å². The quantitative estimate of drug-likeness (QED) is 0.748. The fourth-order valence-corrected chi connectivity index (χ4v) is 2.37. The van der Waals surface area contributed by atoms with Crippen molar-refractivity contribution in [3.63, 3.8) is 0 Å². The van der Waals surface area contributed by atoms with Gasteiger partial charge >= 0.3 is 0 Å². The molecule has 78 valence electrons. The van der Waals surface area contributed by atoms with Crippen LogP contribution in [0.3, 0.4) is 0 Å². The van der Waals surface area contributed by atoms with E-state index in [-0.39, 0.29) is 0 Å². The van der Waals surface area contributed by atoms with Gasteiger partial charge in [-0.15, -0.1) is 21.8 Å². The molecule has 1 aromatic carbocycles. The summed E-state index contributed by atoms with van der Waals surface area (Å²) in [6.45, 7) is 4.16. The van der Waals surface area contributed by atoms with Crippen LogP contribution in [0.5, 0.6) is 0 Å². The smallest absolute Gasteiger partial charge is 0.142 e. The number of alkyl halides is 1. The summed E-state index contributed by atoms with van der Waals surface area (Å²) in [5.41, 5.74) is 3.61. The minimum Gasteiger partial charge on any atom is -0.142 e. The highest BCUT2D eigenvalue weighted by Crippen LogP contribution is 2.27. The van der Waals surface area contributed by atoms with E-state index in [0.717, 1.165) is 15.6 Å². The van der Waals surface area contributed by atoms with E-state index >= 15 is 0 Å². The van der Waals surface area contributed by atoms with Crippen molar-refractivity contribution < 1.29 is 0 Å². The summed E-state index contributed by atoms with van der Waals surface area (Å²) in [4.78, 5) is 0. The second kappa shape index (κ2) is 4.29. The molecule has 0 spiro atoms. The molecule has 0 N–H and O–H groups in total. The molecule has 2 rings (SSSR count). The number of hydrogen-bond donors (Lipinski definition) is 0. The molecular weight excluding hydrogens is 228 g/mol. The third kappa shape index (κ3) is 2.19. The lowest BCUT2D eigenvalue weighted by Crippen LogP contribution is -1.84. The van der Waals surface area contributed by atoms with Gasteiger partial charge in [-0.3, -0.25) is 0 Å². The summed E-state index contributed by atoms with van der Waals surface area (Å²) in [5, 5.41) is 9.98. The van der Waals surface area contributed by atoms with Crippen LogP contribution < -0.4 is 0 Å². The predicted molar refractivity (Wildman–Crippen MR) is 64.4 cm³/mol. The van der Waals surface area contributed by atoms with Gasteiger partial charge in [0.1, 0.15) is 10.0 Å². The van der Waals surface area contributed by atoms with E-state index in [1.54, 1.807) is 11.3 Å². The monoisotopic (exact) mass is 238 g/mol. The van der Waals surface area contributed by atoms with Gasteiger partial charge in [0.25, 0.3) is 0 Å². The van der Waals surface area contributed by atoms with Gasteiger partial charge in [0.2, 0.25) is 0 Å². The molecule has 0 amide bonds. The van der Waals surface area contributed by atoms with Gasteiger partial charge in [-0.25, -0.2) is 0 Å². The minimum absolute atomic E-state index is 0.433. The number of aryl methyl sites for hydroxylation is 2. The molecular formula is C11H11ClN2S. The number of hydrogen-bond acceptors (Lipinski definition) is 3. The highest BCUT2D eigenvalue weighted by molar-refractivity contribution is 7.14. The largest absolute Gasteiger partial charge is 0.148 e. The molecule has 0 aliphatic carbocycles. The molecule has 0 fully saturated rings. The molecule has 4 heteroatoms. The van der Waals surface area contributed by atoms with Crippen molar-refractivity contribution in [2.24, 2.45) is 0 Å². The maximum Gasteiger partial charge on any atom is 0.148 e. The third-order valence-electron chi connectivity index (χ3n) is 2.20. The number of aromatic nitrogens is 2. The van der Waals surface area contributed by atoms with Gasteiger partial charge in [0.15, 0.2) is 0 Å². The van der Waals surface area contributed by atoms with E-state index in [4.69, 9.17) is 11.6 Å². The predicted octanol–water partition coefficient (Wildman–Crippen LogP) is 3.56. The summed E-state index contributed by atoms with van der Waals surface area (Å²) in [5.74, 6) is 0.433. The average Bonchev–Trinajstić information content (AvgIpc) is 2.70. The lowest BCUT2D eigenvalue weighted by Gasteiger charge is -2.02. The number of rotatable bonds is 2. The fraction of sp³-hybridized carbons (Fsp3) is 0.273. The van der Waals surface area contributed by atoms with Crippen molar-refractivity contribution in [1.29, 1.82) is 0 Å². The van der Waals surface area contributed by atoms with Crippen LogP contribution in [0.15, 0.2) is 18.2 Å². The van der Waals surface area contributed by atoms with Crippen molar-refractivity contribution in [2.45, 2.75) is 19.7 Å². The summed E-state index contributed by atoms with van der Waals surface area (Å²) < 4.78 is 0. The Morgan fingerprint density at radius 2 is 2.07 bits per heavy atom. The first-order valence-electron chi connectivity index (χ1n) is 4.66. The van der Waals surface area contributed by atoms with Crippen LogP contribution in [0.2, 0.25) is 0 Å². The molecule has 0 radical (unpaired) electrons. The van der Waals surface area contributed by atoms with Gasteiger partial charge < -0.3 is 0 Å². The average molecular weight is 239 g/mol. The normalized spacial score (nSPS) is 10.6. The summed E-state index contributed by atoms with van der Waals surface area (Å²) in [6.07, 6.45) is 0. The van der Waals surface area contributed by atoms with Crippen LogP contribution in [-0.2, 0) is 5.88 Å². The SMILES string of the molecule is Cc1ccc(C)c(-c2nnc(CCl)s2)c1. The molecule has 0 aliphatic heterocycles. The Labute approximate surface area is 97.9 Å². The van der Waals surface area contributed by atoms with Gasteiger partial charge in [-0.1, -0.05) is 29.0 Å². The van der Waals surface area contributed by atoms with Crippen LogP contribution in [-0.4, -0.2) is 10.2 Å². The summed E-state index contributed by atoms with van der Waals surface area (Å²) in [7, 11) is 0. The Kier molecular flexibility index (Phi) is 3.03. The zero-order chi connectivity index (χ0) is 10.8. The van der Waals surface area contributed by atoms with E-state index in [1.165, 1.54) is 11.1 Å². The van der Waals surface area contributed by atoms with E-state index in [9.17, 15) is 0 Å². The maximum atomic E-state index is 5.71. The molecule has 0 aliphatic rings. The first-order valence-corrected chi connectivity index (χ1v) is 6.02. The Morgan fingerprint density at radius 3 is 2.73 bits per heavy atom. The molecule has 2 aromatic rings. The van der Waals surface area contributed by atoms with Crippen LogP contribution in [0.25, 0.3) is 10.6 Å². The van der Waals surface area contributed by atoms with Crippen LogP contribution in [0.1, 0.15) is 16.1 Å². The molecule has 0 bridgehead atoms. The zero-order valence-electron chi connectivity index (χ0n) is 8.62. The number of nitrogens with zero attached hydrogens (tertiary/aromatic N) is 2. The molecule has 1 aromatic heterocycles. The first-order chi connectivity index (χ1) is 7.20. The van der Waals surface area contributed by atoms with Gasteiger partial charge in [-0.2, -0.15) is 0 Å². The van der Waals surface area contributed by atoms with Gasteiger partial charge in [-0.05, 0) is 25.5 Å².